The normalized spacial score (nSPS) is 22.1. The van der Waals surface area contributed by atoms with Crippen LogP contribution in [0.1, 0.15) is 19.6 Å². The first-order valence-corrected chi connectivity index (χ1v) is 9.33. The Morgan fingerprint density at radius 1 is 1.21 bits per heavy atom. The second-order valence-corrected chi connectivity index (χ2v) is 7.96. The van der Waals surface area contributed by atoms with Crippen LogP contribution in [0, 0.1) is 0 Å². The lowest BCUT2D eigenvalue weighted by molar-refractivity contribution is 0.0850. The third-order valence-corrected chi connectivity index (χ3v) is 5.89. The standard InChI is InChI=1S/C17H16N2O4S.2H2/c20-16(18-13-8-10-24(11-9-13)22-23-24)14-6-7-15(19-17(14)21)12-4-2-1-3-5-12;;/h1-8,10,13H,9,11H2,(H,18,20)(H,19,21);2*1H. The predicted octanol–water partition coefficient (Wildman–Crippen LogP) is 3.15. The van der Waals surface area contributed by atoms with Crippen molar-refractivity contribution in [2.45, 2.75) is 12.5 Å². The maximum absolute atomic E-state index is 12.3. The molecule has 1 saturated heterocycles. The Hall–Kier alpha value is -2.35. The van der Waals surface area contributed by atoms with Gasteiger partial charge in [0.15, 0.2) is 0 Å². The summed E-state index contributed by atoms with van der Waals surface area (Å²) in [5.74, 6) is 0.381. The Morgan fingerprint density at radius 3 is 2.62 bits per heavy atom. The minimum absolute atomic E-state index is 0. The minimum Gasteiger partial charge on any atom is -0.346 e. The second kappa shape index (κ2) is 5.94. The van der Waals surface area contributed by atoms with Gasteiger partial charge in [0, 0.05) is 14.0 Å². The van der Waals surface area contributed by atoms with E-state index in [4.69, 9.17) is 8.67 Å². The van der Waals surface area contributed by atoms with E-state index < -0.39 is 16.1 Å². The molecule has 0 aliphatic carbocycles. The molecular weight excluding hydrogens is 328 g/mol. The quantitative estimate of drug-likeness (QED) is 0.659. The van der Waals surface area contributed by atoms with Crippen LogP contribution in [-0.2, 0) is 8.67 Å². The molecule has 2 aliphatic rings. The molecule has 1 fully saturated rings. The van der Waals surface area contributed by atoms with Gasteiger partial charge in [-0.15, -0.1) is 10.6 Å². The second-order valence-electron chi connectivity index (χ2n) is 5.68. The highest BCUT2D eigenvalue weighted by Crippen LogP contribution is 2.68. The van der Waals surface area contributed by atoms with Crippen molar-refractivity contribution in [3.05, 3.63) is 69.9 Å². The van der Waals surface area contributed by atoms with Crippen molar-refractivity contribution in [1.29, 1.82) is 0 Å². The van der Waals surface area contributed by atoms with E-state index in [-0.39, 0.29) is 20.4 Å². The highest BCUT2D eigenvalue weighted by Gasteiger charge is 2.39. The Labute approximate surface area is 143 Å². The zero-order valence-corrected chi connectivity index (χ0v) is 13.5. The predicted molar refractivity (Wildman–Crippen MR) is 96.4 cm³/mol. The Bertz CT molecular complexity index is 869. The van der Waals surface area contributed by atoms with Crippen LogP contribution in [-0.4, -0.2) is 22.7 Å². The van der Waals surface area contributed by atoms with Gasteiger partial charge in [-0.3, -0.25) is 9.59 Å². The fraction of sp³-hybridized carbons (Fsp3) is 0.176. The van der Waals surface area contributed by atoms with E-state index >= 15 is 0 Å². The molecule has 3 heterocycles. The molecule has 2 aliphatic heterocycles. The van der Waals surface area contributed by atoms with E-state index in [0.717, 1.165) is 17.7 Å². The first kappa shape index (κ1) is 15.2. The molecule has 0 radical (unpaired) electrons. The van der Waals surface area contributed by atoms with Gasteiger partial charge < -0.3 is 10.3 Å². The summed E-state index contributed by atoms with van der Waals surface area (Å²) in [6.45, 7) is 0. The summed E-state index contributed by atoms with van der Waals surface area (Å²) in [5.41, 5.74) is 1.29. The van der Waals surface area contributed by atoms with Gasteiger partial charge in [-0.25, -0.2) is 0 Å². The number of aromatic amines is 1. The van der Waals surface area contributed by atoms with E-state index in [1.807, 2.05) is 41.8 Å². The number of carbonyl (C=O) groups excluding carboxylic acids is 1. The number of benzene rings is 1. The SMILES string of the molecule is O=C(NC1C=CS2(CC1)OO2)c1ccc(-c2ccccc2)[nH]c1=O.[HH].[HH]. The summed E-state index contributed by atoms with van der Waals surface area (Å²) >= 11 is 0. The zero-order valence-electron chi connectivity index (χ0n) is 12.7. The number of hydrogen-bond donors (Lipinski definition) is 2. The van der Waals surface area contributed by atoms with E-state index in [1.54, 1.807) is 12.1 Å². The molecule has 128 valence electrons. The third-order valence-electron chi connectivity index (χ3n) is 4.03. The van der Waals surface area contributed by atoms with E-state index in [9.17, 15) is 9.59 Å². The molecule has 1 aromatic heterocycles. The molecule has 1 amide bonds. The number of carbonyl (C=O) groups is 1. The van der Waals surface area contributed by atoms with Crippen LogP contribution in [0.2, 0.25) is 0 Å². The number of H-pyrrole nitrogens is 1. The molecule has 1 spiro atoms. The van der Waals surface area contributed by atoms with Crippen molar-refractivity contribution >= 4 is 16.5 Å². The number of aromatic nitrogens is 1. The zero-order chi connectivity index (χ0) is 16.6. The fourth-order valence-corrected chi connectivity index (χ4v) is 4.28. The van der Waals surface area contributed by atoms with Crippen LogP contribution in [0.4, 0.5) is 0 Å². The van der Waals surface area contributed by atoms with Gasteiger partial charge in [0.2, 0.25) is 0 Å². The number of pyridine rings is 1. The van der Waals surface area contributed by atoms with Crippen molar-refractivity contribution < 1.29 is 16.3 Å². The van der Waals surface area contributed by atoms with Crippen LogP contribution in [0.25, 0.3) is 11.3 Å². The Morgan fingerprint density at radius 2 is 2.00 bits per heavy atom. The summed E-state index contributed by atoms with van der Waals surface area (Å²) < 4.78 is 9.96. The number of amides is 1. The molecule has 6 nitrogen and oxygen atoms in total. The maximum atomic E-state index is 12.3. The molecule has 4 rings (SSSR count). The fourth-order valence-electron chi connectivity index (χ4n) is 2.62. The van der Waals surface area contributed by atoms with Gasteiger partial charge in [-0.05, 0) is 30.2 Å². The van der Waals surface area contributed by atoms with Gasteiger partial charge in [-0.2, -0.15) is 0 Å². The van der Waals surface area contributed by atoms with Gasteiger partial charge in [0.25, 0.3) is 11.5 Å². The lowest BCUT2D eigenvalue weighted by atomic mass is 10.1. The largest absolute Gasteiger partial charge is 0.346 e. The van der Waals surface area contributed by atoms with Crippen molar-refractivity contribution in [3.8, 4) is 11.3 Å². The third kappa shape index (κ3) is 3.01. The summed E-state index contributed by atoms with van der Waals surface area (Å²) in [6, 6.07) is 12.7. The monoisotopic (exact) mass is 348 g/mol. The number of nitrogens with one attached hydrogen (secondary N) is 2. The molecule has 1 unspecified atom stereocenters. The maximum Gasteiger partial charge on any atom is 0.261 e. The Kier molecular flexibility index (Phi) is 3.76. The highest BCUT2D eigenvalue weighted by atomic mass is 32.3. The van der Waals surface area contributed by atoms with Crippen LogP contribution in [0.3, 0.4) is 0 Å². The summed E-state index contributed by atoms with van der Waals surface area (Å²) in [4.78, 5) is 27.3. The van der Waals surface area contributed by atoms with Crippen molar-refractivity contribution in [3.63, 3.8) is 0 Å². The molecule has 2 N–H and O–H groups in total. The van der Waals surface area contributed by atoms with Crippen LogP contribution in [0.15, 0.2) is 58.7 Å². The average Bonchev–Trinajstić information content (AvgIpc) is 3.37. The van der Waals surface area contributed by atoms with Crippen molar-refractivity contribution in [2.75, 3.05) is 5.75 Å². The van der Waals surface area contributed by atoms with Gasteiger partial charge >= 0.3 is 0 Å². The van der Waals surface area contributed by atoms with Gasteiger partial charge in [-0.1, -0.05) is 39.0 Å². The van der Waals surface area contributed by atoms with Crippen molar-refractivity contribution in [1.82, 2.24) is 10.3 Å². The summed E-state index contributed by atoms with van der Waals surface area (Å²) in [7, 11) is -1.41. The first-order chi connectivity index (χ1) is 11.7. The van der Waals surface area contributed by atoms with E-state index in [2.05, 4.69) is 10.3 Å². The lowest BCUT2D eigenvalue weighted by Gasteiger charge is -2.22. The summed E-state index contributed by atoms with van der Waals surface area (Å²) in [6.07, 6.45) is 2.60. The lowest BCUT2D eigenvalue weighted by Crippen LogP contribution is -2.38. The van der Waals surface area contributed by atoms with E-state index in [1.165, 1.54) is 0 Å². The topological polar surface area (TPSA) is 87.0 Å². The van der Waals surface area contributed by atoms with Gasteiger partial charge in [0.1, 0.15) is 5.56 Å². The molecule has 0 bridgehead atoms. The molecule has 0 saturated carbocycles. The molecule has 7 heteroatoms. The molecule has 24 heavy (non-hydrogen) atoms. The van der Waals surface area contributed by atoms with E-state index in [0.29, 0.717) is 5.69 Å². The van der Waals surface area contributed by atoms with Crippen molar-refractivity contribution in [2.24, 2.45) is 0 Å². The molecule has 2 aromatic rings. The van der Waals surface area contributed by atoms with Gasteiger partial charge in [0.05, 0.1) is 11.8 Å². The highest BCUT2D eigenvalue weighted by molar-refractivity contribution is 8.31. The first-order valence-electron chi connectivity index (χ1n) is 7.62. The molecule has 1 atom stereocenters. The minimum atomic E-state index is -1.41. The molecule has 1 aromatic carbocycles. The number of rotatable bonds is 3. The van der Waals surface area contributed by atoms with Crippen LogP contribution < -0.4 is 10.9 Å². The smallest absolute Gasteiger partial charge is 0.261 e. The van der Waals surface area contributed by atoms with Crippen LogP contribution >= 0.6 is 10.6 Å². The number of hydrogen-bond acceptors (Lipinski definition) is 4. The van der Waals surface area contributed by atoms with Crippen LogP contribution in [0.5, 0.6) is 0 Å². The molecular formula is C17H20N2O4S. The average molecular weight is 348 g/mol. The summed E-state index contributed by atoms with van der Waals surface area (Å²) in [5, 5.41) is 4.74. The Balaban J connectivity index is 0.00000121.